The third kappa shape index (κ3) is 3.82. The minimum absolute atomic E-state index is 0.107. The first-order valence-electron chi connectivity index (χ1n) is 8.16. The highest BCUT2D eigenvalue weighted by Crippen LogP contribution is 2.40. The number of nitrogens with one attached hydrogen (secondary N) is 1. The molecule has 6 heteroatoms. The normalized spacial score (nSPS) is 13.9. The molecule has 1 aliphatic heterocycles. The molecule has 0 radical (unpaired) electrons. The fourth-order valence-corrected chi connectivity index (χ4v) is 2.89. The molecular weight excluding hydrogens is 342 g/mol. The van der Waals surface area contributed by atoms with Gasteiger partial charge in [-0.05, 0) is 36.2 Å². The monoisotopic (exact) mass is 361 g/mol. The highest BCUT2D eigenvalue weighted by Gasteiger charge is 2.22. The first-order chi connectivity index (χ1) is 12.1. The lowest BCUT2D eigenvalue weighted by Gasteiger charge is -2.22. The van der Waals surface area contributed by atoms with Crippen molar-refractivity contribution >= 4 is 17.5 Å². The van der Waals surface area contributed by atoms with Gasteiger partial charge < -0.3 is 19.5 Å². The van der Waals surface area contributed by atoms with Crippen LogP contribution in [0.5, 0.6) is 17.2 Å². The Morgan fingerprint density at radius 3 is 2.64 bits per heavy atom. The number of benzene rings is 2. The average Bonchev–Trinajstić information content (AvgIpc) is 2.65. The van der Waals surface area contributed by atoms with Crippen molar-refractivity contribution in [2.75, 3.05) is 20.3 Å². The van der Waals surface area contributed by atoms with Gasteiger partial charge in [0.25, 0.3) is 5.91 Å². The molecule has 1 amide bonds. The molecule has 2 aromatic carbocycles. The molecule has 0 saturated heterocycles. The van der Waals surface area contributed by atoms with E-state index in [0.717, 1.165) is 12.0 Å². The Labute approximate surface area is 151 Å². The zero-order chi connectivity index (χ0) is 17.8. The van der Waals surface area contributed by atoms with Crippen molar-refractivity contribution in [3.63, 3.8) is 0 Å². The van der Waals surface area contributed by atoms with Crippen molar-refractivity contribution < 1.29 is 19.0 Å². The quantitative estimate of drug-likeness (QED) is 0.874. The van der Waals surface area contributed by atoms with Gasteiger partial charge in [-0.15, -0.1) is 0 Å². The first-order valence-corrected chi connectivity index (χ1v) is 8.54. The second-order valence-corrected chi connectivity index (χ2v) is 6.12. The summed E-state index contributed by atoms with van der Waals surface area (Å²) in [4.78, 5) is 12.7. The van der Waals surface area contributed by atoms with Gasteiger partial charge in [-0.2, -0.15) is 0 Å². The summed E-state index contributed by atoms with van der Waals surface area (Å²) in [5.41, 5.74) is 1.47. The highest BCUT2D eigenvalue weighted by atomic mass is 35.5. The predicted octanol–water partition coefficient (Wildman–Crippen LogP) is 4.00. The van der Waals surface area contributed by atoms with Crippen LogP contribution in [0.15, 0.2) is 36.4 Å². The van der Waals surface area contributed by atoms with Gasteiger partial charge in [0.05, 0.1) is 13.2 Å². The number of methoxy groups -OCH3 is 1. The number of ether oxygens (including phenoxy) is 3. The number of hydrogen-bond acceptors (Lipinski definition) is 4. The Hall–Kier alpha value is -2.40. The predicted molar refractivity (Wildman–Crippen MR) is 95.9 cm³/mol. The summed E-state index contributed by atoms with van der Waals surface area (Å²) in [6.07, 6.45) is 0.759. The fourth-order valence-electron chi connectivity index (χ4n) is 2.76. The molecule has 1 N–H and O–H groups in total. The summed E-state index contributed by atoms with van der Waals surface area (Å²) in [7, 11) is 1.54. The topological polar surface area (TPSA) is 56.8 Å². The van der Waals surface area contributed by atoms with E-state index in [0.29, 0.717) is 41.0 Å². The van der Waals surface area contributed by atoms with Crippen LogP contribution in [-0.4, -0.2) is 26.2 Å². The van der Waals surface area contributed by atoms with Gasteiger partial charge in [-0.3, -0.25) is 4.79 Å². The molecule has 0 aliphatic carbocycles. The van der Waals surface area contributed by atoms with Crippen LogP contribution >= 0.6 is 11.6 Å². The Kier molecular flexibility index (Phi) is 5.34. The van der Waals surface area contributed by atoms with Crippen LogP contribution in [0, 0.1) is 0 Å². The van der Waals surface area contributed by atoms with Crippen LogP contribution in [-0.2, 0) is 0 Å². The summed E-state index contributed by atoms with van der Waals surface area (Å²) in [6, 6.07) is 10.7. The maximum absolute atomic E-state index is 12.7. The average molecular weight is 362 g/mol. The van der Waals surface area contributed by atoms with Gasteiger partial charge in [0.2, 0.25) is 5.75 Å². The van der Waals surface area contributed by atoms with Crippen LogP contribution in [0.1, 0.15) is 35.3 Å². The van der Waals surface area contributed by atoms with Crippen LogP contribution in [0.25, 0.3) is 0 Å². The second kappa shape index (κ2) is 7.66. The van der Waals surface area contributed by atoms with E-state index in [-0.39, 0.29) is 11.9 Å². The van der Waals surface area contributed by atoms with Gasteiger partial charge in [-0.25, -0.2) is 0 Å². The summed E-state index contributed by atoms with van der Waals surface area (Å²) < 4.78 is 16.5. The maximum Gasteiger partial charge on any atom is 0.252 e. The molecule has 1 atom stereocenters. The van der Waals surface area contributed by atoms with E-state index in [1.54, 1.807) is 12.1 Å². The Bertz CT molecular complexity index is 744. The molecule has 1 heterocycles. The van der Waals surface area contributed by atoms with E-state index in [2.05, 4.69) is 5.32 Å². The number of amides is 1. The molecule has 5 nitrogen and oxygen atoms in total. The van der Waals surface area contributed by atoms with E-state index < -0.39 is 0 Å². The van der Waals surface area contributed by atoms with E-state index in [1.165, 1.54) is 7.11 Å². The van der Waals surface area contributed by atoms with Crippen LogP contribution in [0.3, 0.4) is 0 Å². The largest absolute Gasteiger partial charge is 0.493 e. The number of halogens is 1. The number of carbonyl (C=O) groups is 1. The lowest BCUT2D eigenvalue weighted by molar-refractivity contribution is 0.0933. The van der Waals surface area contributed by atoms with E-state index in [9.17, 15) is 4.79 Å². The number of hydrogen-bond donors (Lipinski definition) is 1. The standard InChI is InChI=1S/C19H20ClNO4/c1-3-15(12-4-6-14(20)7-5-12)21-19(22)13-10-16(23-2)18-17(11-13)24-8-9-25-18/h4-7,10-11,15H,3,8-9H2,1-2H3,(H,21,22). The fraction of sp³-hybridized carbons (Fsp3) is 0.316. The number of carbonyl (C=O) groups excluding carboxylic acids is 1. The Morgan fingerprint density at radius 2 is 1.96 bits per heavy atom. The Morgan fingerprint density at radius 1 is 1.24 bits per heavy atom. The summed E-state index contributed by atoms with van der Waals surface area (Å²) >= 11 is 5.94. The van der Waals surface area contributed by atoms with E-state index in [4.69, 9.17) is 25.8 Å². The zero-order valence-electron chi connectivity index (χ0n) is 14.2. The van der Waals surface area contributed by atoms with Crippen LogP contribution in [0.4, 0.5) is 0 Å². The van der Waals surface area contributed by atoms with Gasteiger partial charge in [-0.1, -0.05) is 30.7 Å². The molecular formula is C19H20ClNO4. The third-order valence-electron chi connectivity index (χ3n) is 4.08. The molecule has 0 saturated carbocycles. The van der Waals surface area contributed by atoms with Crippen molar-refractivity contribution in [3.05, 3.63) is 52.5 Å². The van der Waals surface area contributed by atoms with Crippen molar-refractivity contribution in [3.8, 4) is 17.2 Å². The molecule has 0 spiro atoms. The van der Waals surface area contributed by atoms with Crippen LogP contribution < -0.4 is 19.5 Å². The van der Waals surface area contributed by atoms with Gasteiger partial charge in [0, 0.05) is 10.6 Å². The molecule has 25 heavy (non-hydrogen) atoms. The van der Waals surface area contributed by atoms with Gasteiger partial charge in [0.15, 0.2) is 11.5 Å². The zero-order valence-corrected chi connectivity index (χ0v) is 14.9. The SMILES string of the molecule is CCC(NC(=O)c1cc(OC)c2c(c1)OCCO2)c1ccc(Cl)cc1. The van der Waals surface area contributed by atoms with Crippen LogP contribution in [0.2, 0.25) is 5.02 Å². The lowest BCUT2D eigenvalue weighted by Crippen LogP contribution is -2.28. The number of fused-ring (bicyclic) bond motifs is 1. The van der Waals surface area contributed by atoms with E-state index in [1.807, 2.05) is 31.2 Å². The molecule has 1 aliphatic rings. The van der Waals surface area contributed by atoms with Crippen molar-refractivity contribution in [2.45, 2.75) is 19.4 Å². The van der Waals surface area contributed by atoms with Crippen molar-refractivity contribution in [2.24, 2.45) is 0 Å². The molecule has 1 unspecified atom stereocenters. The third-order valence-corrected chi connectivity index (χ3v) is 4.33. The maximum atomic E-state index is 12.7. The first kappa shape index (κ1) is 17.4. The van der Waals surface area contributed by atoms with Gasteiger partial charge in [0.1, 0.15) is 13.2 Å². The summed E-state index contributed by atoms with van der Waals surface area (Å²) in [6.45, 7) is 2.93. The highest BCUT2D eigenvalue weighted by molar-refractivity contribution is 6.30. The lowest BCUT2D eigenvalue weighted by atomic mass is 10.0. The summed E-state index contributed by atoms with van der Waals surface area (Å²) in [5.74, 6) is 1.35. The molecule has 0 fully saturated rings. The molecule has 2 aromatic rings. The molecule has 132 valence electrons. The minimum atomic E-state index is -0.197. The molecule has 0 bridgehead atoms. The second-order valence-electron chi connectivity index (χ2n) is 5.69. The Balaban J connectivity index is 1.83. The molecule has 3 rings (SSSR count). The van der Waals surface area contributed by atoms with Gasteiger partial charge >= 0.3 is 0 Å². The summed E-state index contributed by atoms with van der Waals surface area (Å²) in [5, 5.41) is 3.71. The number of rotatable bonds is 5. The smallest absolute Gasteiger partial charge is 0.252 e. The van der Waals surface area contributed by atoms with E-state index >= 15 is 0 Å². The van der Waals surface area contributed by atoms with Crippen molar-refractivity contribution in [1.29, 1.82) is 0 Å². The minimum Gasteiger partial charge on any atom is -0.493 e. The molecule has 0 aromatic heterocycles. The van der Waals surface area contributed by atoms with Crippen molar-refractivity contribution in [1.82, 2.24) is 5.32 Å².